The van der Waals surface area contributed by atoms with E-state index in [0.29, 0.717) is 5.11 Å². The average molecular weight is 235 g/mol. The smallest absolute Gasteiger partial charge is 0.166 e. The van der Waals surface area contributed by atoms with Gasteiger partial charge in [-0.2, -0.15) is 0 Å². The molecule has 2 N–H and O–H groups in total. The SMILES string of the molecule is Cc1ccc(N2CCN(C(N)=S)CC2)cc1. The lowest BCUT2D eigenvalue weighted by atomic mass is 10.2. The fourth-order valence-corrected chi connectivity index (χ4v) is 2.12. The molecule has 2 rings (SSSR count). The van der Waals surface area contributed by atoms with E-state index in [4.69, 9.17) is 18.0 Å². The molecule has 3 nitrogen and oxygen atoms in total. The van der Waals surface area contributed by atoms with Crippen molar-refractivity contribution >= 4 is 23.0 Å². The summed E-state index contributed by atoms with van der Waals surface area (Å²) in [6.07, 6.45) is 0. The Bertz CT molecular complexity index is 366. The summed E-state index contributed by atoms with van der Waals surface area (Å²) < 4.78 is 0. The fourth-order valence-electron chi connectivity index (χ4n) is 1.94. The minimum atomic E-state index is 0.517. The van der Waals surface area contributed by atoms with Crippen LogP contribution in [0.4, 0.5) is 5.69 Å². The molecule has 0 saturated carbocycles. The Morgan fingerprint density at radius 1 is 1.12 bits per heavy atom. The molecule has 16 heavy (non-hydrogen) atoms. The van der Waals surface area contributed by atoms with Gasteiger partial charge in [0.25, 0.3) is 0 Å². The van der Waals surface area contributed by atoms with Crippen LogP contribution < -0.4 is 10.6 Å². The lowest BCUT2D eigenvalue weighted by Gasteiger charge is -2.36. The zero-order valence-electron chi connectivity index (χ0n) is 9.52. The summed E-state index contributed by atoms with van der Waals surface area (Å²) in [6, 6.07) is 8.64. The Hall–Kier alpha value is -1.29. The van der Waals surface area contributed by atoms with Crippen molar-refractivity contribution in [1.82, 2.24) is 4.90 Å². The lowest BCUT2D eigenvalue weighted by Crippen LogP contribution is -2.50. The Kier molecular flexibility index (Phi) is 3.29. The van der Waals surface area contributed by atoms with E-state index in [-0.39, 0.29) is 0 Å². The van der Waals surface area contributed by atoms with Crippen LogP contribution in [0.1, 0.15) is 5.56 Å². The van der Waals surface area contributed by atoms with Gasteiger partial charge in [-0.15, -0.1) is 0 Å². The maximum absolute atomic E-state index is 5.61. The van der Waals surface area contributed by atoms with Gasteiger partial charge in [0.1, 0.15) is 0 Å². The second-order valence-electron chi connectivity index (χ2n) is 4.15. The van der Waals surface area contributed by atoms with E-state index in [9.17, 15) is 0 Å². The number of thiocarbonyl (C=S) groups is 1. The molecule has 0 unspecified atom stereocenters. The van der Waals surface area contributed by atoms with Crippen LogP contribution in [0.2, 0.25) is 0 Å². The van der Waals surface area contributed by atoms with Gasteiger partial charge in [-0.1, -0.05) is 17.7 Å². The van der Waals surface area contributed by atoms with Gasteiger partial charge >= 0.3 is 0 Å². The summed E-state index contributed by atoms with van der Waals surface area (Å²) in [5, 5.41) is 0.517. The van der Waals surface area contributed by atoms with Crippen molar-refractivity contribution in [3.8, 4) is 0 Å². The van der Waals surface area contributed by atoms with E-state index in [2.05, 4.69) is 41.0 Å². The third kappa shape index (κ3) is 2.44. The van der Waals surface area contributed by atoms with Crippen molar-refractivity contribution in [2.24, 2.45) is 5.73 Å². The van der Waals surface area contributed by atoms with Gasteiger partial charge in [-0.05, 0) is 31.3 Å². The quantitative estimate of drug-likeness (QED) is 0.745. The average Bonchev–Trinajstić information content (AvgIpc) is 2.30. The molecule has 0 amide bonds. The highest BCUT2D eigenvalue weighted by Gasteiger charge is 2.17. The number of anilines is 1. The number of hydrogen-bond donors (Lipinski definition) is 1. The highest BCUT2D eigenvalue weighted by atomic mass is 32.1. The molecule has 1 saturated heterocycles. The van der Waals surface area contributed by atoms with E-state index in [1.54, 1.807) is 0 Å². The van der Waals surface area contributed by atoms with Crippen LogP contribution >= 0.6 is 12.2 Å². The van der Waals surface area contributed by atoms with Crippen LogP contribution in [0.15, 0.2) is 24.3 Å². The van der Waals surface area contributed by atoms with E-state index in [1.807, 2.05) is 0 Å². The van der Waals surface area contributed by atoms with Gasteiger partial charge in [-0.25, -0.2) is 0 Å². The number of nitrogens with two attached hydrogens (primary N) is 1. The summed E-state index contributed by atoms with van der Waals surface area (Å²) in [5.74, 6) is 0. The van der Waals surface area contributed by atoms with Gasteiger partial charge in [0.2, 0.25) is 0 Å². The molecule has 0 atom stereocenters. The molecule has 0 aliphatic carbocycles. The zero-order chi connectivity index (χ0) is 11.5. The standard InChI is InChI=1S/C12H17N3S/c1-10-2-4-11(5-3-10)14-6-8-15(9-7-14)12(13)16/h2-5H,6-9H2,1H3,(H2,13,16). The highest BCUT2D eigenvalue weighted by molar-refractivity contribution is 7.80. The maximum Gasteiger partial charge on any atom is 0.166 e. The van der Waals surface area contributed by atoms with E-state index >= 15 is 0 Å². The van der Waals surface area contributed by atoms with E-state index < -0.39 is 0 Å². The monoisotopic (exact) mass is 235 g/mol. The van der Waals surface area contributed by atoms with E-state index in [1.165, 1.54) is 11.3 Å². The van der Waals surface area contributed by atoms with Gasteiger partial charge < -0.3 is 15.5 Å². The first kappa shape index (κ1) is 11.2. The third-order valence-corrected chi connectivity index (χ3v) is 3.25. The highest BCUT2D eigenvalue weighted by Crippen LogP contribution is 2.16. The fraction of sp³-hybridized carbons (Fsp3) is 0.417. The molecule has 1 aromatic rings. The second kappa shape index (κ2) is 4.70. The van der Waals surface area contributed by atoms with Gasteiger partial charge in [0.05, 0.1) is 0 Å². The number of rotatable bonds is 1. The van der Waals surface area contributed by atoms with Crippen LogP contribution in [-0.2, 0) is 0 Å². The molecule has 86 valence electrons. The summed E-state index contributed by atoms with van der Waals surface area (Å²) in [4.78, 5) is 4.42. The van der Waals surface area contributed by atoms with Gasteiger partial charge in [0, 0.05) is 31.9 Å². The number of piperazine rings is 1. The predicted molar refractivity (Wildman–Crippen MR) is 71.8 cm³/mol. The van der Waals surface area contributed by atoms with Crippen molar-refractivity contribution in [2.75, 3.05) is 31.1 Å². The lowest BCUT2D eigenvalue weighted by molar-refractivity contribution is 0.388. The number of nitrogens with zero attached hydrogens (tertiary/aromatic N) is 2. The van der Waals surface area contributed by atoms with Gasteiger partial charge in [0.15, 0.2) is 5.11 Å². The normalized spacial score (nSPS) is 16.3. The minimum absolute atomic E-state index is 0.517. The maximum atomic E-state index is 5.61. The topological polar surface area (TPSA) is 32.5 Å². The molecule has 1 aliphatic rings. The van der Waals surface area contributed by atoms with E-state index in [0.717, 1.165) is 26.2 Å². The van der Waals surface area contributed by atoms with Crippen LogP contribution in [0, 0.1) is 6.92 Å². The van der Waals surface area contributed by atoms with Crippen LogP contribution in [0.5, 0.6) is 0 Å². The molecular weight excluding hydrogens is 218 g/mol. The molecule has 0 radical (unpaired) electrons. The van der Waals surface area contributed by atoms with Crippen molar-refractivity contribution in [3.05, 3.63) is 29.8 Å². The molecule has 0 spiro atoms. The molecule has 0 bridgehead atoms. The van der Waals surface area contributed by atoms with Crippen molar-refractivity contribution < 1.29 is 0 Å². The summed E-state index contributed by atoms with van der Waals surface area (Å²) in [5.41, 5.74) is 8.19. The van der Waals surface area contributed by atoms with Gasteiger partial charge in [-0.3, -0.25) is 0 Å². The molecule has 1 aromatic carbocycles. The number of aryl methyl sites for hydroxylation is 1. The second-order valence-corrected chi connectivity index (χ2v) is 4.57. The van der Waals surface area contributed by atoms with Crippen molar-refractivity contribution in [2.45, 2.75) is 6.92 Å². The minimum Gasteiger partial charge on any atom is -0.376 e. The van der Waals surface area contributed by atoms with Crippen LogP contribution in [-0.4, -0.2) is 36.2 Å². The number of hydrogen-bond acceptors (Lipinski definition) is 2. The summed E-state index contributed by atoms with van der Waals surface area (Å²) in [7, 11) is 0. The van der Waals surface area contributed by atoms with Crippen molar-refractivity contribution in [3.63, 3.8) is 0 Å². The molecule has 4 heteroatoms. The Balaban J connectivity index is 1.99. The Morgan fingerprint density at radius 2 is 1.69 bits per heavy atom. The molecule has 0 aromatic heterocycles. The molecule has 1 aliphatic heterocycles. The molecular formula is C12H17N3S. The Labute approximate surface area is 102 Å². The Morgan fingerprint density at radius 3 is 2.19 bits per heavy atom. The first-order chi connectivity index (χ1) is 7.66. The first-order valence-electron chi connectivity index (χ1n) is 5.53. The molecule has 1 heterocycles. The van der Waals surface area contributed by atoms with Crippen LogP contribution in [0.25, 0.3) is 0 Å². The molecule has 1 fully saturated rings. The van der Waals surface area contributed by atoms with Crippen LogP contribution in [0.3, 0.4) is 0 Å². The predicted octanol–water partition coefficient (Wildman–Crippen LogP) is 1.36. The number of benzene rings is 1. The first-order valence-corrected chi connectivity index (χ1v) is 5.93. The summed E-state index contributed by atoms with van der Waals surface area (Å²) >= 11 is 4.97. The van der Waals surface area contributed by atoms with Crippen molar-refractivity contribution in [1.29, 1.82) is 0 Å². The largest absolute Gasteiger partial charge is 0.376 e. The summed E-state index contributed by atoms with van der Waals surface area (Å²) in [6.45, 7) is 5.92. The zero-order valence-corrected chi connectivity index (χ0v) is 10.3. The third-order valence-electron chi connectivity index (χ3n) is 2.99.